The Morgan fingerprint density at radius 2 is 2.00 bits per heavy atom. The van der Waals surface area contributed by atoms with Crippen molar-refractivity contribution in [1.29, 1.82) is 0 Å². The highest BCUT2D eigenvalue weighted by Crippen LogP contribution is 2.13. The van der Waals surface area contributed by atoms with E-state index in [0.29, 0.717) is 18.9 Å². The van der Waals surface area contributed by atoms with Gasteiger partial charge in [0, 0.05) is 19.8 Å². The molecule has 0 bridgehead atoms. The minimum Gasteiger partial charge on any atom is -0.381 e. The molecule has 1 aromatic carbocycles. The third-order valence-corrected chi connectivity index (χ3v) is 3.54. The van der Waals surface area contributed by atoms with E-state index in [1.807, 2.05) is 30.3 Å². The summed E-state index contributed by atoms with van der Waals surface area (Å²) in [6.07, 6.45) is 2.63. The van der Waals surface area contributed by atoms with Gasteiger partial charge in [0.25, 0.3) is 0 Å². The summed E-state index contributed by atoms with van der Waals surface area (Å²) in [7, 11) is 0. The van der Waals surface area contributed by atoms with Crippen LogP contribution >= 0.6 is 0 Å². The van der Waals surface area contributed by atoms with Crippen molar-refractivity contribution < 1.29 is 9.53 Å². The van der Waals surface area contributed by atoms with Crippen molar-refractivity contribution in [3.63, 3.8) is 0 Å². The topological polar surface area (TPSA) is 64.4 Å². The Labute approximate surface area is 114 Å². The average molecular weight is 262 g/mol. The van der Waals surface area contributed by atoms with Gasteiger partial charge in [0.05, 0.1) is 6.04 Å². The van der Waals surface area contributed by atoms with E-state index in [1.54, 1.807) is 0 Å². The first-order chi connectivity index (χ1) is 9.25. The number of ether oxygens (including phenoxy) is 1. The zero-order valence-electron chi connectivity index (χ0n) is 11.2. The summed E-state index contributed by atoms with van der Waals surface area (Å²) in [5.41, 5.74) is 7.02. The molecule has 3 N–H and O–H groups in total. The predicted molar refractivity (Wildman–Crippen MR) is 74.7 cm³/mol. The maximum Gasteiger partial charge on any atom is 0.237 e. The van der Waals surface area contributed by atoms with Crippen LogP contribution in [-0.2, 0) is 16.0 Å². The van der Waals surface area contributed by atoms with Gasteiger partial charge in [0.2, 0.25) is 5.91 Å². The number of nitrogens with two attached hydrogens (primary N) is 1. The lowest BCUT2D eigenvalue weighted by Gasteiger charge is -2.23. The van der Waals surface area contributed by atoms with E-state index in [4.69, 9.17) is 10.5 Å². The molecular formula is C15H22N2O2. The molecule has 1 aliphatic heterocycles. The average Bonchev–Trinajstić information content (AvgIpc) is 2.47. The molecule has 4 nitrogen and oxygen atoms in total. The van der Waals surface area contributed by atoms with E-state index in [1.165, 1.54) is 0 Å². The highest BCUT2D eigenvalue weighted by Gasteiger charge is 2.17. The fourth-order valence-corrected chi connectivity index (χ4v) is 2.29. The van der Waals surface area contributed by atoms with Gasteiger partial charge in [0.1, 0.15) is 0 Å². The van der Waals surface area contributed by atoms with Crippen LogP contribution in [0.2, 0.25) is 0 Å². The maximum atomic E-state index is 11.9. The number of nitrogens with one attached hydrogen (secondary N) is 1. The standard InChI is InChI=1S/C15H22N2O2/c16-14(10-12-4-2-1-3-5-12)15(18)17-11-13-6-8-19-9-7-13/h1-5,13-14H,6-11,16H2,(H,17,18)/t14-/m1/s1. The van der Waals surface area contributed by atoms with Crippen LogP contribution in [0, 0.1) is 5.92 Å². The van der Waals surface area contributed by atoms with Gasteiger partial charge in [-0.05, 0) is 30.7 Å². The van der Waals surface area contributed by atoms with Crippen molar-refractivity contribution in [2.24, 2.45) is 11.7 Å². The zero-order valence-corrected chi connectivity index (χ0v) is 11.2. The maximum absolute atomic E-state index is 11.9. The summed E-state index contributed by atoms with van der Waals surface area (Å²) < 4.78 is 5.30. The summed E-state index contributed by atoms with van der Waals surface area (Å²) in [5.74, 6) is 0.469. The van der Waals surface area contributed by atoms with Gasteiger partial charge in [0.15, 0.2) is 0 Å². The lowest BCUT2D eigenvalue weighted by atomic mass is 10.00. The van der Waals surface area contributed by atoms with E-state index in [2.05, 4.69) is 5.32 Å². The Morgan fingerprint density at radius 1 is 1.32 bits per heavy atom. The minimum absolute atomic E-state index is 0.0599. The highest BCUT2D eigenvalue weighted by atomic mass is 16.5. The smallest absolute Gasteiger partial charge is 0.237 e. The Balaban J connectivity index is 1.73. The van der Waals surface area contributed by atoms with E-state index < -0.39 is 6.04 Å². The third kappa shape index (κ3) is 4.65. The molecular weight excluding hydrogens is 240 g/mol. The Morgan fingerprint density at radius 3 is 2.68 bits per heavy atom. The molecule has 0 saturated carbocycles. The second-order valence-corrected chi connectivity index (χ2v) is 5.10. The lowest BCUT2D eigenvalue weighted by molar-refractivity contribution is -0.122. The van der Waals surface area contributed by atoms with Crippen LogP contribution in [0.1, 0.15) is 18.4 Å². The monoisotopic (exact) mass is 262 g/mol. The lowest BCUT2D eigenvalue weighted by Crippen LogP contribution is -2.44. The molecule has 1 aliphatic rings. The number of rotatable bonds is 5. The largest absolute Gasteiger partial charge is 0.381 e. The van der Waals surface area contributed by atoms with Crippen LogP contribution in [0.4, 0.5) is 0 Å². The van der Waals surface area contributed by atoms with Gasteiger partial charge in [-0.2, -0.15) is 0 Å². The van der Waals surface area contributed by atoms with E-state index in [-0.39, 0.29) is 5.91 Å². The Hall–Kier alpha value is -1.39. The van der Waals surface area contributed by atoms with Crippen LogP contribution in [0.25, 0.3) is 0 Å². The second-order valence-electron chi connectivity index (χ2n) is 5.10. The molecule has 1 saturated heterocycles. The van der Waals surface area contributed by atoms with Crippen LogP contribution in [-0.4, -0.2) is 31.7 Å². The Kier molecular flexibility index (Phi) is 5.36. The molecule has 0 radical (unpaired) electrons. The fraction of sp³-hybridized carbons (Fsp3) is 0.533. The van der Waals surface area contributed by atoms with Gasteiger partial charge in [-0.15, -0.1) is 0 Å². The molecule has 1 aromatic rings. The summed E-state index contributed by atoms with van der Waals surface area (Å²) in [5, 5.41) is 2.95. The molecule has 0 aromatic heterocycles. The van der Waals surface area contributed by atoms with Crippen molar-refractivity contribution in [3.8, 4) is 0 Å². The molecule has 1 amide bonds. The second kappa shape index (κ2) is 7.26. The van der Waals surface area contributed by atoms with Gasteiger partial charge < -0.3 is 15.8 Å². The van der Waals surface area contributed by atoms with Crippen molar-refractivity contribution in [2.45, 2.75) is 25.3 Å². The van der Waals surface area contributed by atoms with Crippen LogP contribution in [0.15, 0.2) is 30.3 Å². The van der Waals surface area contributed by atoms with E-state index in [9.17, 15) is 4.79 Å². The predicted octanol–water partition coefficient (Wildman–Crippen LogP) is 1.10. The summed E-state index contributed by atoms with van der Waals surface area (Å²) >= 11 is 0. The van der Waals surface area contributed by atoms with Gasteiger partial charge in [-0.25, -0.2) is 0 Å². The van der Waals surface area contributed by atoms with Crippen LogP contribution in [0.5, 0.6) is 0 Å². The van der Waals surface area contributed by atoms with Crippen molar-refractivity contribution in [2.75, 3.05) is 19.8 Å². The zero-order chi connectivity index (χ0) is 13.5. The van der Waals surface area contributed by atoms with Gasteiger partial charge >= 0.3 is 0 Å². The molecule has 2 rings (SSSR count). The van der Waals surface area contributed by atoms with Crippen molar-refractivity contribution >= 4 is 5.91 Å². The van der Waals surface area contributed by atoms with Gasteiger partial charge in [-0.1, -0.05) is 30.3 Å². The third-order valence-electron chi connectivity index (χ3n) is 3.54. The molecule has 0 unspecified atom stereocenters. The molecule has 1 fully saturated rings. The number of carbonyl (C=O) groups is 1. The molecule has 0 aliphatic carbocycles. The first-order valence-electron chi connectivity index (χ1n) is 6.90. The van der Waals surface area contributed by atoms with Crippen LogP contribution in [0.3, 0.4) is 0 Å². The normalized spacial score (nSPS) is 17.9. The number of hydrogen-bond acceptors (Lipinski definition) is 3. The van der Waals surface area contributed by atoms with Gasteiger partial charge in [-0.3, -0.25) is 4.79 Å². The summed E-state index contributed by atoms with van der Waals surface area (Å²) in [6.45, 7) is 2.32. The first-order valence-corrected chi connectivity index (χ1v) is 6.90. The molecule has 1 atom stereocenters. The fourth-order valence-electron chi connectivity index (χ4n) is 2.29. The molecule has 104 valence electrons. The Bertz CT molecular complexity index is 388. The SMILES string of the molecule is N[C@H](Cc1ccccc1)C(=O)NCC1CCOCC1. The number of benzene rings is 1. The highest BCUT2D eigenvalue weighted by molar-refractivity contribution is 5.81. The quantitative estimate of drug-likeness (QED) is 0.835. The van der Waals surface area contributed by atoms with E-state index in [0.717, 1.165) is 31.6 Å². The van der Waals surface area contributed by atoms with Crippen molar-refractivity contribution in [3.05, 3.63) is 35.9 Å². The van der Waals surface area contributed by atoms with Crippen LogP contribution < -0.4 is 11.1 Å². The number of amides is 1. The summed E-state index contributed by atoms with van der Waals surface area (Å²) in [6, 6.07) is 9.39. The minimum atomic E-state index is -0.470. The first kappa shape index (κ1) is 14.0. The number of carbonyl (C=O) groups excluding carboxylic acids is 1. The number of hydrogen-bond donors (Lipinski definition) is 2. The van der Waals surface area contributed by atoms with Crippen molar-refractivity contribution in [1.82, 2.24) is 5.32 Å². The molecule has 1 heterocycles. The van der Waals surface area contributed by atoms with E-state index >= 15 is 0 Å². The molecule has 0 spiro atoms. The summed E-state index contributed by atoms with van der Waals surface area (Å²) in [4.78, 5) is 11.9. The molecule has 19 heavy (non-hydrogen) atoms. The molecule has 4 heteroatoms.